The summed E-state index contributed by atoms with van der Waals surface area (Å²) in [6, 6.07) is 7.70. The summed E-state index contributed by atoms with van der Waals surface area (Å²) in [5, 5.41) is 0.634. The van der Waals surface area contributed by atoms with Gasteiger partial charge in [0.15, 0.2) is 0 Å². The number of benzene rings is 1. The third-order valence-corrected chi connectivity index (χ3v) is 2.48. The largest absolute Gasteiger partial charge is 0.399 e. The van der Waals surface area contributed by atoms with Crippen LogP contribution < -0.4 is 5.73 Å². The molecule has 0 unspecified atom stereocenters. The average molecular weight is 219 g/mol. The highest BCUT2D eigenvalue weighted by molar-refractivity contribution is 6.30. The number of nitrogens with zero attached hydrogens (tertiary/aromatic N) is 1. The van der Waals surface area contributed by atoms with Gasteiger partial charge in [0.25, 0.3) is 0 Å². The van der Waals surface area contributed by atoms with Gasteiger partial charge in [0.05, 0.1) is 5.02 Å². The van der Waals surface area contributed by atoms with E-state index in [4.69, 9.17) is 17.3 Å². The lowest BCUT2D eigenvalue weighted by Gasteiger charge is -2.06. The van der Waals surface area contributed by atoms with Gasteiger partial charge in [-0.2, -0.15) is 0 Å². The van der Waals surface area contributed by atoms with E-state index < -0.39 is 0 Å². The highest BCUT2D eigenvalue weighted by atomic mass is 35.5. The van der Waals surface area contributed by atoms with Gasteiger partial charge in [-0.3, -0.25) is 4.98 Å². The van der Waals surface area contributed by atoms with E-state index in [9.17, 15) is 0 Å². The van der Waals surface area contributed by atoms with Crippen molar-refractivity contribution in [3.63, 3.8) is 0 Å². The molecule has 2 N–H and O–H groups in total. The van der Waals surface area contributed by atoms with Crippen molar-refractivity contribution in [2.75, 3.05) is 5.73 Å². The summed E-state index contributed by atoms with van der Waals surface area (Å²) in [7, 11) is 0. The van der Waals surface area contributed by atoms with Gasteiger partial charge in [0, 0.05) is 23.6 Å². The van der Waals surface area contributed by atoms with Gasteiger partial charge >= 0.3 is 0 Å². The van der Waals surface area contributed by atoms with Crippen LogP contribution in [0, 0.1) is 6.92 Å². The lowest BCUT2D eigenvalue weighted by atomic mass is 10.0. The van der Waals surface area contributed by atoms with Gasteiger partial charge < -0.3 is 5.73 Å². The Morgan fingerprint density at radius 1 is 1.20 bits per heavy atom. The van der Waals surface area contributed by atoms with Crippen LogP contribution >= 0.6 is 11.6 Å². The van der Waals surface area contributed by atoms with Crippen LogP contribution in [-0.2, 0) is 0 Å². The first-order valence-corrected chi connectivity index (χ1v) is 5.01. The molecule has 2 nitrogen and oxygen atoms in total. The first-order chi connectivity index (χ1) is 7.16. The molecule has 0 saturated carbocycles. The number of hydrogen-bond acceptors (Lipinski definition) is 2. The van der Waals surface area contributed by atoms with Crippen LogP contribution in [0.4, 0.5) is 5.69 Å². The van der Waals surface area contributed by atoms with Crippen molar-refractivity contribution in [3.05, 3.63) is 47.2 Å². The summed E-state index contributed by atoms with van der Waals surface area (Å²) in [5.41, 5.74) is 9.72. The molecule has 0 aliphatic rings. The van der Waals surface area contributed by atoms with Crippen LogP contribution in [0.1, 0.15) is 5.56 Å². The maximum absolute atomic E-state index is 5.89. The number of aryl methyl sites for hydroxylation is 1. The summed E-state index contributed by atoms with van der Waals surface area (Å²) in [5.74, 6) is 0. The van der Waals surface area contributed by atoms with E-state index in [1.807, 2.05) is 31.2 Å². The fraction of sp³-hybridized carbons (Fsp3) is 0.0833. The Morgan fingerprint density at radius 3 is 2.73 bits per heavy atom. The average Bonchev–Trinajstić information content (AvgIpc) is 2.22. The number of anilines is 1. The van der Waals surface area contributed by atoms with E-state index in [-0.39, 0.29) is 0 Å². The summed E-state index contributed by atoms with van der Waals surface area (Å²) >= 11 is 5.89. The molecule has 1 aromatic heterocycles. The molecule has 15 heavy (non-hydrogen) atoms. The van der Waals surface area contributed by atoms with Crippen molar-refractivity contribution in [3.8, 4) is 11.1 Å². The molecular weight excluding hydrogens is 208 g/mol. The van der Waals surface area contributed by atoms with Gasteiger partial charge in [0.1, 0.15) is 0 Å². The predicted molar refractivity (Wildman–Crippen MR) is 63.8 cm³/mol. The molecule has 3 heteroatoms. The minimum Gasteiger partial charge on any atom is -0.399 e. The topological polar surface area (TPSA) is 38.9 Å². The first kappa shape index (κ1) is 9.99. The Hall–Kier alpha value is -1.54. The minimum absolute atomic E-state index is 0.634. The Kier molecular flexibility index (Phi) is 2.60. The number of hydrogen-bond donors (Lipinski definition) is 1. The Balaban J connectivity index is 2.58. The number of aromatic nitrogens is 1. The molecule has 1 aromatic carbocycles. The second-order valence-corrected chi connectivity index (χ2v) is 3.90. The molecule has 1 heterocycles. The zero-order valence-electron chi connectivity index (χ0n) is 8.37. The van der Waals surface area contributed by atoms with Crippen LogP contribution in [0.15, 0.2) is 36.7 Å². The monoisotopic (exact) mass is 218 g/mol. The maximum Gasteiger partial charge on any atom is 0.0595 e. The normalized spacial score (nSPS) is 10.3. The van der Waals surface area contributed by atoms with Crippen molar-refractivity contribution in [2.24, 2.45) is 0 Å². The quantitative estimate of drug-likeness (QED) is 0.746. The fourth-order valence-electron chi connectivity index (χ4n) is 1.51. The van der Waals surface area contributed by atoms with Crippen LogP contribution in [0.25, 0.3) is 11.1 Å². The molecule has 0 saturated heterocycles. The molecule has 0 aliphatic heterocycles. The highest BCUT2D eigenvalue weighted by Crippen LogP contribution is 2.26. The number of rotatable bonds is 1. The molecule has 0 aliphatic carbocycles. The van der Waals surface area contributed by atoms with Crippen molar-refractivity contribution >= 4 is 17.3 Å². The molecular formula is C12H11ClN2. The van der Waals surface area contributed by atoms with Crippen LogP contribution in [0.2, 0.25) is 5.02 Å². The number of pyridine rings is 1. The summed E-state index contributed by atoms with van der Waals surface area (Å²) in [6.07, 6.45) is 3.40. The lowest BCUT2D eigenvalue weighted by molar-refractivity contribution is 1.32. The van der Waals surface area contributed by atoms with Crippen molar-refractivity contribution in [2.45, 2.75) is 6.92 Å². The first-order valence-electron chi connectivity index (χ1n) is 4.64. The molecule has 2 rings (SSSR count). The van der Waals surface area contributed by atoms with Gasteiger partial charge in [-0.1, -0.05) is 17.7 Å². The van der Waals surface area contributed by atoms with Gasteiger partial charge in [-0.05, 0) is 36.2 Å². The molecule has 0 fully saturated rings. The molecule has 2 aromatic rings. The zero-order valence-corrected chi connectivity index (χ0v) is 9.12. The zero-order chi connectivity index (χ0) is 10.8. The van der Waals surface area contributed by atoms with E-state index in [2.05, 4.69) is 4.98 Å². The van der Waals surface area contributed by atoms with Crippen molar-refractivity contribution < 1.29 is 0 Å². The Bertz CT molecular complexity index is 495. The maximum atomic E-state index is 5.89. The van der Waals surface area contributed by atoms with Crippen LogP contribution in [0.5, 0.6) is 0 Å². The second-order valence-electron chi connectivity index (χ2n) is 3.47. The number of halogens is 1. The smallest absolute Gasteiger partial charge is 0.0595 e. The van der Waals surface area contributed by atoms with E-state index in [0.717, 1.165) is 22.4 Å². The SMILES string of the molecule is Cc1ccc(N)cc1-c1cncc(Cl)c1. The van der Waals surface area contributed by atoms with Crippen LogP contribution in [0.3, 0.4) is 0 Å². The molecule has 0 radical (unpaired) electrons. The summed E-state index contributed by atoms with van der Waals surface area (Å²) in [6.45, 7) is 2.04. The Morgan fingerprint density at radius 2 is 2.00 bits per heavy atom. The third kappa shape index (κ3) is 2.10. The second kappa shape index (κ2) is 3.91. The van der Waals surface area contributed by atoms with E-state index in [1.54, 1.807) is 12.4 Å². The standard InChI is InChI=1S/C12H11ClN2/c1-8-2-3-11(14)5-12(8)9-4-10(13)7-15-6-9/h2-7H,14H2,1H3. The molecule has 0 bridgehead atoms. The number of nitrogen functional groups attached to an aromatic ring is 1. The van der Waals surface area contributed by atoms with E-state index in [0.29, 0.717) is 5.02 Å². The minimum atomic E-state index is 0.634. The predicted octanol–water partition coefficient (Wildman–Crippen LogP) is 3.29. The van der Waals surface area contributed by atoms with Gasteiger partial charge in [-0.25, -0.2) is 0 Å². The van der Waals surface area contributed by atoms with Gasteiger partial charge in [0.2, 0.25) is 0 Å². The van der Waals surface area contributed by atoms with Gasteiger partial charge in [-0.15, -0.1) is 0 Å². The molecule has 0 amide bonds. The summed E-state index contributed by atoms with van der Waals surface area (Å²) < 4.78 is 0. The van der Waals surface area contributed by atoms with E-state index >= 15 is 0 Å². The fourth-order valence-corrected chi connectivity index (χ4v) is 1.68. The molecule has 76 valence electrons. The Labute approximate surface area is 93.7 Å². The van der Waals surface area contributed by atoms with Crippen molar-refractivity contribution in [1.82, 2.24) is 4.98 Å². The summed E-state index contributed by atoms with van der Waals surface area (Å²) in [4.78, 5) is 4.06. The highest BCUT2D eigenvalue weighted by Gasteiger charge is 2.03. The van der Waals surface area contributed by atoms with E-state index in [1.165, 1.54) is 0 Å². The lowest BCUT2D eigenvalue weighted by Crippen LogP contribution is -1.89. The van der Waals surface area contributed by atoms with Crippen LogP contribution in [-0.4, -0.2) is 4.98 Å². The molecule has 0 atom stereocenters. The number of nitrogens with two attached hydrogens (primary N) is 1. The molecule has 0 spiro atoms. The van der Waals surface area contributed by atoms with Crippen molar-refractivity contribution in [1.29, 1.82) is 0 Å². The third-order valence-electron chi connectivity index (χ3n) is 2.28.